The maximum Gasteiger partial charge on any atom is 0.374 e. The van der Waals surface area contributed by atoms with Crippen LogP contribution < -0.4 is 15.6 Å². The lowest BCUT2D eigenvalue weighted by Gasteiger charge is -2.10. The highest BCUT2D eigenvalue weighted by molar-refractivity contribution is 5.92. The number of rotatable bonds is 6. The quantitative estimate of drug-likeness (QED) is 0.373. The molecule has 0 spiro atoms. The van der Waals surface area contributed by atoms with Crippen LogP contribution in [-0.2, 0) is 0 Å². The Morgan fingerprint density at radius 1 is 1.10 bits per heavy atom. The van der Waals surface area contributed by atoms with Gasteiger partial charge in [0.2, 0.25) is 5.82 Å². The average Bonchev–Trinajstić information content (AvgIpc) is 3.27. The van der Waals surface area contributed by atoms with Crippen molar-refractivity contribution >= 4 is 28.3 Å². The summed E-state index contributed by atoms with van der Waals surface area (Å²) in [4.78, 5) is 34.8. The average molecular weight is 392 g/mol. The highest BCUT2D eigenvalue weighted by Gasteiger charge is 2.26. The lowest BCUT2D eigenvalue weighted by atomic mass is 10.2. The number of nitrogens with zero attached hydrogens (tertiary/aromatic N) is 4. The summed E-state index contributed by atoms with van der Waals surface area (Å²) >= 11 is 0. The number of amides is 1. The number of fused-ring (bicyclic) bond motifs is 1. The molecule has 0 aliphatic carbocycles. The summed E-state index contributed by atoms with van der Waals surface area (Å²) < 4.78 is 10.6. The number of hydrazine groups is 1. The SMILES string of the molecule is O=C(NNc1ncnc(Oc2cccc3cccnc23)c1[N+](=O)[O-])c1ccco1. The maximum atomic E-state index is 12.0. The van der Waals surface area contributed by atoms with E-state index in [1.807, 2.05) is 12.1 Å². The molecule has 3 aromatic heterocycles. The van der Waals surface area contributed by atoms with Crippen molar-refractivity contribution in [2.45, 2.75) is 0 Å². The minimum atomic E-state index is -0.713. The molecule has 3 heterocycles. The molecule has 0 atom stereocenters. The largest absolute Gasteiger partial charge is 0.459 e. The van der Waals surface area contributed by atoms with Crippen molar-refractivity contribution in [1.29, 1.82) is 0 Å². The summed E-state index contributed by atoms with van der Waals surface area (Å²) in [6.07, 6.45) is 3.98. The first-order valence-electron chi connectivity index (χ1n) is 8.24. The van der Waals surface area contributed by atoms with Crippen molar-refractivity contribution in [2.75, 3.05) is 5.43 Å². The van der Waals surface area contributed by atoms with E-state index in [4.69, 9.17) is 9.15 Å². The smallest absolute Gasteiger partial charge is 0.374 e. The van der Waals surface area contributed by atoms with E-state index in [1.165, 1.54) is 18.4 Å². The van der Waals surface area contributed by atoms with Gasteiger partial charge >= 0.3 is 17.5 Å². The highest BCUT2D eigenvalue weighted by atomic mass is 16.6. The maximum absolute atomic E-state index is 12.0. The van der Waals surface area contributed by atoms with E-state index in [1.54, 1.807) is 24.4 Å². The Morgan fingerprint density at radius 3 is 2.76 bits per heavy atom. The first-order chi connectivity index (χ1) is 14.1. The number of para-hydroxylation sites is 1. The number of benzene rings is 1. The van der Waals surface area contributed by atoms with Gasteiger partial charge < -0.3 is 9.15 Å². The molecule has 0 aliphatic rings. The molecule has 0 unspecified atom stereocenters. The summed E-state index contributed by atoms with van der Waals surface area (Å²) in [7, 11) is 0. The van der Waals surface area contributed by atoms with Crippen LogP contribution in [0.15, 0.2) is 65.7 Å². The fraction of sp³-hybridized carbons (Fsp3) is 0. The third-order valence-corrected chi connectivity index (χ3v) is 3.81. The molecule has 0 saturated carbocycles. The number of furan rings is 1. The van der Waals surface area contributed by atoms with E-state index in [9.17, 15) is 14.9 Å². The van der Waals surface area contributed by atoms with Gasteiger partial charge in [0.15, 0.2) is 11.5 Å². The second kappa shape index (κ2) is 7.60. The van der Waals surface area contributed by atoms with Gasteiger partial charge in [0, 0.05) is 11.6 Å². The number of carbonyl (C=O) groups is 1. The molecule has 0 fully saturated rings. The first kappa shape index (κ1) is 17.9. The normalized spacial score (nSPS) is 10.5. The Labute approximate surface area is 162 Å². The molecule has 1 amide bonds. The molecule has 4 aromatic rings. The molecule has 29 heavy (non-hydrogen) atoms. The van der Waals surface area contributed by atoms with Crippen molar-refractivity contribution < 1.29 is 18.9 Å². The minimum absolute atomic E-state index is 0.0208. The van der Waals surface area contributed by atoms with E-state index in [0.29, 0.717) is 5.52 Å². The van der Waals surface area contributed by atoms with Gasteiger partial charge in [0.05, 0.1) is 11.2 Å². The Bertz CT molecular complexity index is 1190. The van der Waals surface area contributed by atoms with Gasteiger partial charge in [-0.25, -0.2) is 4.98 Å². The van der Waals surface area contributed by atoms with E-state index >= 15 is 0 Å². The summed E-state index contributed by atoms with van der Waals surface area (Å²) in [5.41, 5.74) is 4.63. The Balaban J connectivity index is 1.64. The Hall–Kier alpha value is -4.54. The topological polar surface area (TPSA) is 145 Å². The summed E-state index contributed by atoms with van der Waals surface area (Å²) in [6.45, 7) is 0. The predicted octanol–water partition coefficient (Wildman–Crippen LogP) is 3.08. The molecule has 11 heteroatoms. The summed E-state index contributed by atoms with van der Waals surface area (Å²) in [6, 6.07) is 11.8. The molecule has 0 saturated heterocycles. The lowest BCUT2D eigenvalue weighted by molar-refractivity contribution is -0.385. The van der Waals surface area contributed by atoms with Gasteiger partial charge in [0.25, 0.3) is 0 Å². The first-order valence-corrected chi connectivity index (χ1v) is 8.24. The molecular weight excluding hydrogens is 380 g/mol. The van der Waals surface area contributed by atoms with Crippen LogP contribution in [0.2, 0.25) is 0 Å². The van der Waals surface area contributed by atoms with Crippen LogP contribution in [0.1, 0.15) is 10.6 Å². The second-order valence-electron chi connectivity index (χ2n) is 5.62. The van der Waals surface area contributed by atoms with Crippen molar-refractivity contribution in [3.05, 3.63) is 77.1 Å². The summed E-state index contributed by atoms with van der Waals surface area (Å²) in [5, 5.41) is 12.4. The van der Waals surface area contributed by atoms with E-state index in [-0.39, 0.29) is 23.2 Å². The van der Waals surface area contributed by atoms with Crippen LogP contribution in [0.5, 0.6) is 11.6 Å². The second-order valence-corrected chi connectivity index (χ2v) is 5.62. The molecule has 144 valence electrons. The van der Waals surface area contributed by atoms with Crippen LogP contribution in [0, 0.1) is 10.1 Å². The van der Waals surface area contributed by atoms with Crippen molar-refractivity contribution in [2.24, 2.45) is 0 Å². The number of pyridine rings is 1. The minimum Gasteiger partial charge on any atom is -0.459 e. The highest BCUT2D eigenvalue weighted by Crippen LogP contribution is 2.35. The number of nitro groups is 1. The number of nitrogens with one attached hydrogen (secondary N) is 2. The van der Waals surface area contributed by atoms with Crippen LogP contribution >= 0.6 is 0 Å². The molecule has 4 rings (SSSR count). The van der Waals surface area contributed by atoms with Crippen molar-refractivity contribution in [3.8, 4) is 11.6 Å². The van der Waals surface area contributed by atoms with Crippen LogP contribution in [-0.4, -0.2) is 25.8 Å². The third-order valence-electron chi connectivity index (χ3n) is 3.81. The van der Waals surface area contributed by atoms with Crippen molar-refractivity contribution in [1.82, 2.24) is 20.4 Å². The number of aromatic nitrogens is 3. The van der Waals surface area contributed by atoms with E-state index < -0.39 is 16.5 Å². The van der Waals surface area contributed by atoms with Crippen LogP contribution in [0.3, 0.4) is 0 Å². The number of hydrogen-bond acceptors (Lipinski definition) is 9. The third kappa shape index (κ3) is 3.64. The Kier molecular flexibility index (Phi) is 4.68. The lowest BCUT2D eigenvalue weighted by Crippen LogP contribution is -2.30. The van der Waals surface area contributed by atoms with Gasteiger partial charge in [-0.05, 0) is 24.3 Å². The van der Waals surface area contributed by atoms with Gasteiger partial charge in [-0.2, -0.15) is 4.98 Å². The molecule has 0 radical (unpaired) electrons. The molecule has 2 N–H and O–H groups in total. The fourth-order valence-electron chi connectivity index (χ4n) is 2.54. The zero-order valence-corrected chi connectivity index (χ0v) is 14.6. The molecule has 0 bridgehead atoms. The van der Waals surface area contributed by atoms with Gasteiger partial charge in [-0.1, -0.05) is 18.2 Å². The molecule has 11 nitrogen and oxygen atoms in total. The van der Waals surface area contributed by atoms with Crippen LogP contribution in [0.4, 0.5) is 11.5 Å². The predicted molar refractivity (Wildman–Crippen MR) is 100 cm³/mol. The van der Waals surface area contributed by atoms with E-state index in [2.05, 4.69) is 25.8 Å². The van der Waals surface area contributed by atoms with Crippen molar-refractivity contribution in [3.63, 3.8) is 0 Å². The van der Waals surface area contributed by atoms with E-state index in [0.717, 1.165) is 11.7 Å². The molecule has 1 aromatic carbocycles. The van der Waals surface area contributed by atoms with Gasteiger partial charge in [-0.3, -0.25) is 30.7 Å². The standard InChI is InChI=1S/C18H12N6O5/c25-17(13-7-3-9-28-13)23-22-16-15(24(26)27)18(21-10-20-16)29-12-6-1-4-11-5-2-8-19-14(11)12/h1-10H,(H,23,25)(H,20,21,22). The number of hydrogen-bond donors (Lipinski definition) is 2. The van der Waals surface area contributed by atoms with Gasteiger partial charge in [-0.15, -0.1) is 0 Å². The van der Waals surface area contributed by atoms with Crippen LogP contribution in [0.25, 0.3) is 10.9 Å². The summed E-state index contributed by atoms with van der Waals surface area (Å²) in [5.74, 6) is -0.891. The number of ether oxygens (including phenoxy) is 1. The van der Waals surface area contributed by atoms with Gasteiger partial charge in [0.1, 0.15) is 11.8 Å². The zero-order chi connectivity index (χ0) is 20.2. The monoisotopic (exact) mass is 392 g/mol. The zero-order valence-electron chi connectivity index (χ0n) is 14.6. The molecule has 0 aliphatic heterocycles. The molecular formula is C18H12N6O5. The number of anilines is 1. The fourth-order valence-corrected chi connectivity index (χ4v) is 2.54. The Morgan fingerprint density at radius 2 is 1.97 bits per heavy atom. The number of carbonyl (C=O) groups excluding carboxylic acids is 1.